The van der Waals surface area contributed by atoms with Crippen LogP contribution in [0.15, 0.2) is 0 Å². The average Bonchev–Trinajstić information content (AvgIpc) is 3.38. The van der Waals surface area contributed by atoms with E-state index in [-0.39, 0.29) is 18.1 Å². The number of fused-ring (bicyclic) bond motifs is 3. The number of hydrogen-bond donors (Lipinski definition) is 1. The number of ether oxygens (including phenoxy) is 3. The van der Waals surface area contributed by atoms with Crippen LogP contribution in [0, 0.1) is 0 Å². The summed E-state index contributed by atoms with van der Waals surface area (Å²) >= 11 is 0. The van der Waals surface area contributed by atoms with Crippen molar-refractivity contribution in [3.8, 4) is 5.75 Å². The van der Waals surface area contributed by atoms with Crippen molar-refractivity contribution in [2.24, 2.45) is 0 Å². The van der Waals surface area contributed by atoms with Crippen molar-refractivity contribution in [1.82, 2.24) is 14.9 Å². The lowest BCUT2D eigenvalue weighted by atomic mass is 10.1. The van der Waals surface area contributed by atoms with E-state index in [0.717, 1.165) is 32.2 Å². The van der Waals surface area contributed by atoms with Gasteiger partial charge in [0.05, 0.1) is 12.6 Å². The molecule has 0 spiro atoms. The normalized spacial score (nSPS) is 21.8. The predicted octanol–water partition coefficient (Wildman–Crippen LogP) is 4.02. The molecule has 0 aromatic carbocycles. The van der Waals surface area contributed by atoms with Gasteiger partial charge in [0, 0.05) is 39.1 Å². The van der Waals surface area contributed by atoms with Crippen LogP contribution in [0.3, 0.4) is 0 Å². The molecule has 2 saturated heterocycles. The molecule has 0 unspecified atom stereocenters. The van der Waals surface area contributed by atoms with E-state index in [9.17, 15) is 9.59 Å². The molecule has 0 radical (unpaired) electrons. The third-order valence-electron chi connectivity index (χ3n) is 6.48. The van der Waals surface area contributed by atoms with Crippen LogP contribution in [-0.4, -0.2) is 83.6 Å². The van der Waals surface area contributed by atoms with Gasteiger partial charge in [-0.1, -0.05) is 0 Å². The van der Waals surface area contributed by atoms with Gasteiger partial charge in [0.25, 0.3) is 0 Å². The van der Waals surface area contributed by atoms with Crippen LogP contribution in [0.1, 0.15) is 67.2 Å². The Hall–Kier alpha value is -2.98. The molecule has 1 N–H and O–H groups in total. The number of aromatic nitrogens is 2. The van der Waals surface area contributed by atoms with Crippen molar-refractivity contribution in [3.63, 3.8) is 0 Å². The summed E-state index contributed by atoms with van der Waals surface area (Å²) in [5.74, 6) is 2.14. The van der Waals surface area contributed by atoms with Gasteiger partial charge in [0.1, 0.15) is 11.2 Å². The number of carbonyl (C=O) groups excluding carboxylic acids is 2. The van der Waals surface area contributed by atoms with Gasteiger partial charge in [-0.3, -0.25) is 5.32 Å². The molecule has 0 aliphatic carbocycles. The van der Waals surface area contributed by atoms with E-state index in [4.69, 9.17) is 24.2 Å². The Morgan fingerprint density at radius 2 is 1.69 bits per heavy atom. The number of hydrogen-bond acceptors (Lipinski definition) is 9. The first-order valence-electron chi connectivity index (χ1n) is 12.8. The minimum Gasteiger partial charge on any atom is -0.486 e. The molecule has 1 aromatic rings. The zero-order valence-electron chi connectivity index (χ0n) is 22.6. The van der Waals surface area contributed by atoms with Gasteiger partial charge < -0.3 is 28.9 Å². The molecule has 2 amide bonds. The summed E-state index contributed by atoms with van der Waals surface area (Å²) < 4.78 is 17.2. The van der Waals surface area contributed by atoms with Gasteiger partial charge in [0.15, 0.2) is 11.6 Å². The summed E-state index contributed by atoms with van der Waals surface area (Å²) in [7, 11) is 1.77. The molecule has 36 heavy (non-hydrogen) atoms. The van der Waals surface area contributed by atoms with E-state index < -0.39 is 17.3 Å². The van der Waals surface area contributed by atoms with Crippen LogP contribution in [0.25, 0.3) is 0 Å². The molecular formula is C25H40N6O5. The molecule has 3 aliphatic rings. The highest BCUT2D eigenvalue weighted by Gasteiger charge is 2.37. The minimum absolute atomic E-state index is 0.0435. The zero-order chi connectivity index (χ0) is 26.3. The monoisotopic (exact) mass is 504 g/mol. The standard InChI is InChI=1S/C25H40N6O5/c1-24(2,3)35-22(32)28-21-26-19(18-20(27-21)31-12-8-9-16(31)11-14-34-18)30-13-10-17(15-30)29(7)23(33)36-25(4,5)6/h16-17H,8-15H2,1-7H3,(H,26,27,28,32)/t16-,17+/m0/s1. The summed E-state index contributed by atoms with van der Waals surface area (Å²) in [5, 5.41) is 2.71. The Balaban J connectivity index is 1.61. The smallest absolute Gasteiger partial charge is 0.414 e. The number of carbonyl (C=O) groups is 2. The second-order valence-electron chi connectivity index (χ2n) is 11.8. The zero-order valence-corrected chi connectivity index (χ0v) is 22.6. The number of nitrogens with zero attached hydrogens (tertiary/aromatic N) is 5. The molecule has 11 nitrogen and oxygen atoms in total. The Morgan fingerprint density at radius 3 is 2.39 bits per heavy atom. The van der Waals surface area contributed by atoms with Gasteiger partial charge >= 0.3 is 12.2 Å². The molecule has 4 heterocycles. The van der Waals surface area contributed by atoms with Crippen LogP contribution in [-0.2, 0) is 9.47 Å². The highest BCUT2D eigenvalue weighted by atomic mass is 16.6. The van der Waals surface area contributed by atoms with Gasteiger partial charge in [-0.05, 0) is 60.8 Å². The molecule has 1 aromatic heterocycles. The van der Waals surface area contributed by atoms with Crippen molar-refractivity contribution in [2.75, 3.05) is 48.4 Å². The second kappa shape index (κ2) is 9.82. The van der Waals surface area contributed by atoms with Crippen LogP contribution in [0.2, 0.25) is 0 Å². The Bertz CT molecular complexity index is 988. The average molecular weight is 505 g/mol. The first kappa shape index (κ1) is 26.1. The van der Waals surface area contributed by atoms with Crippen LogP contribution >= 0.6 is 0 Å². The lowest BCUT2D eigenvalue weighted by molar-refractivity contribution is 0.0237. The molecule has 11 heteroatoms. The molecule has 0 saturated carbocycles. The third kappa shape index (κ3) is 6.04. The van der Waals surface area contributed by atoms with Crippen LogP contribution in [0.5, 0.6) is 5.75 Å². The number of nitrogens with one attached hydrogen (secondary N) is 1. The van der Waals surface area contributed by atoms with Crippen LogP contribution < -0.4 is 19.9 Å². The minimum atomic E-state index is -0.643. The Kier molecular flexibility index (Phi) is 7.12. The molecule has 3 aliphatic heterocycles. The van der Waals surface area contributed by atoms with Crippen molar-refractivity contribution in [2.45, 2.75) is 90.5 Å². The molecule has 4 rings (SSSR count). The fraction of sp³-hybridized carbons (Fsp3) is 0.760. The highest BCUT2D eigenvalue weighted by Crippen LogP contribution is 2.43. The van der Waals surface area contributed by atoms with E-state index in [2.05, 4.69) is 15.1 Å². The first-order valence-corrected chi connectivity index (χ1v) is 12.8. The van der Waals surface area contributed by atoms with E-state index in [1.54, 1.807) is 11.9 Å². The summed E-state index contributed by atoms with van der Waals surface area (Å²) in [5.41, 5.74) is -1.20. The van der Waals surface area contributed by atoms with E-state index in [1.807, 2.05) is 41.5 Å². The van der Waals surface area contributed by atoms with Gasteiger partial charge in [-0.2, -0.15) is 9.97 Å². The van der Waals surface area contributed by atoms with Crippen molar-refractivity contribution in [3.05, 3.63) is 0 Å². The van der Waals surface area contributed by atoms with Gasteiger partial charge in [0.2, 0.25) is 11.7 Å². The molecule has 2 fully saturated rings. The maximum atomic E-state index is 12.6. The lowest BCUT2D eigenvalue weighted by Crippen LogP contribution is -2.42. The topological polar surface area (TPSA) is 109 Å². The van der Waals surface area contributed by atoms with Crippen molar-refractivity contribution in [1.29, 1.82) is 0 Å². The quantitative estimate of drug-likeness (QED) is 0.653. The molecule has 2 atom stereocenters. The maximum absolute atomic E-state index is 12.6. The fourth-order valence-corrected chi connectivity index (χ4v) is 4.86. The van der Waals surface area contributed by atoms with E-state index in [1.165, 1.54) is 0 Å². The first-order chi connectivity index (χ1) is 16.8. The summed E-state index contributed by atoms with van der Waals surface area (Å²) in [4.78, 5) is 40.6. The van der Waals surface area contributed by atoms with Gasteiger partial charge in [-0.15, -0.1) is 0 Å². The van der Waals surface area contributed by atoms with E-state index >= 15 is 0 Å². The molecule has 0 bridgehead atoms. The molecular weight excluding hydrogens is 464 g/mol. The maximum Gasteiger partial charge on any atom is 0.414 e. The summed E-state index contributed by atoms with van der Waals surface area (Å²) in [6.45, 7) is 13.7. The summed E-state index contributed by atoms with van der Waals surface area (Å²) in [6.07, 6.45) is 2.89. The molecule has 200 valence electrons. The Morgan fingerprint density at radius 1 is 1.00 bits per heavy atom. The number of likely N-dealkylation sites (N-methyl/N-ethyl adjacent to an activating group) is 1. The number of rotatable bonds is 3. The fourth-order valence-electron chi connectivity index (χ4n) is 4.86. The number of amides is 2. The Labute approximate surface area is 213 Å². The van der Waals surface area contributed by atoms with Crippen molar-refractivity contribution < 1.29 is 23.8 Å². The summed E-state index contributed by atoms with van der Waals surface area (Å²) in [6, 6.07) is 0.311. The van der Waals surface area contributed by atoms with E-state index in [0.29, 0.717) is 43.1 Å². The number of anilines is 3. The third-order valence-corrected chi connectivity index (χ3v) is 6.48. The van der Waals surface area contributed by atoms with Crippen LogP contribution in [0.4, 0.5) is 27.2 Å². The lowest BCUT2D eigenvalue weighted by Gasteiger charge is -2.29. The highest BCUT2D eigenvalue weighted by molar-refractivity contribution is 5.84. The SMILES string of the molecule is CN(C(=O)OC(C)(C)C)[C@@H]1CCN(c2nc(NC(=O)OC(C)(C)C)nc3c2OCC[C@@H]2CCCN32)C1. The predicted molar refractivity (Wildman–Crippen MR) is 137 cm³/mol. The second-order valence-corrected chi connectivity index (χ2v) is 11.8. The van der Waals surface area contributed by atoms with Gasteiger partial charge in [-0.25, -0.2) is 9.59 Å². The largest absolute Gasteiger partial charge is 0.486 e. The van der Waals surface area contributed by atoms with Crippen molar-refractivity contribution >= 4 is 29.8 Å².